The molecule has 0 saturated heterocycles. The molecule has 0 fully saturated rings. The van der Waals surface area contributed by atoms with E-state index in [0.717, 1.165) is 17.0 Å². The van der Waals surface area contributed by atoms with Gasteiger partial charge in [-0.3, -0.25) is 4.79 Å². The fourth-order valence-corrected chi connectivity index (χ4v) is 2.86. The van der Waals surface area contributed by atoms with Crippen LogP contribution in [0.3, 0.4) is 0 Å². The summed E-state index contributed by atoms with van der Waals surface area (Å²) in [5, 5.41) is 6.30. The third-order valence-electron chi connectivity index (χ3n) is 4.24. The number of carbonyl (C=O) groups excluding carboxylic acids is 1. The average molecular weight is 376 g/mol. The Morgan fingerprint density at radius 1 is 0.929 bits per heavy atom. The Bertz CT molecular complexity index is 895. The molecule has 3 aromatic carbocycles. The molecule has 0 saturated carbocycles. The third-order valence-corrected chi connectivity index (χ3v) is 4.24. The molecule has 1 amide bonds. The minimum absolute atomic E-state index is 0.172. The van der Waals surface area contributed by atoms with Gasteiger partial charge in [0.25, 0.3) is 5.91 Å². The largest absolute Gasteiger partial charge is 0.497 e. The van der Waals surface area contributed by atoms with Crippen LogP contribution in [0.5, 0.6) is 11.5 Å². The lowest BCUT2D eigenvalue weighted by atomic mass is 10.1. The molecule has 0 radical (unpaired) electrons. The van der Waals surface area contributed by atoms with E-state index in [1.54, 1.807) is 7.11 Å². The second-order valence-corrected chi connectivity index (χ2v) is 6.13. The first-order chi connectivity index (χ1) is 13.7. The quantitative estimate of drug-likeness (QED) is 0.588. The van der Waals surface area contributed by atoms with E-state index in [1.807, 2.05) is 85.8 Å². The van der Waals surface area contributed by atoms with Crippen molar-refractivity contribution in [2.24, 2.45) is 0 Å². The maximum atomic E-state index is 13.1. The summed E-state index contributed by atoms with van der Waals surface area (Å²) in [5.41, 5.74) is 2.33. The van der Waals surface area contributed by atoms with Gasteiger partial charge < -0.3 is 20.1 Å². The van der Waals surface area contributed by atoms with Crippen LogP contribution in [-0.2, 0) is 4.79 Å². The summed E-state index contributed by atoms with van der Waals surface area (Å²) in [6.45, 7) is 2.44. The van der Waals surface area contributed by atoms with Gasteiger partial charge in [0.2, 0.25) is 0 Å². The fraction of sp³-hybridized carbons (Fsp3) is 0.174. The molecule has 28 heavy (non-hydrogen) atoms. The van der Waals surface area contributed by atoms with E-state index < -0.39 is 6.04 Å². The Labute approximate surface area is 165 Å². The molecule has 0 aliphatic heterocycles. The Morgan fingerprint density at radius 2 is 1.61 bits per heavy atom. The van der Waals surface area contributed by atoms with Crippen LogP contribution < -0.4 is 20.1 Å². The Morgan fingerprint density at radius 3 is 2.29 bits per heavy atom. The third kappa shape index (κ3) is 4.82. The van der Waals surface area contributed by atoms with Crippen LogP contribution in [0, 0.1) is 0 Å². The number of methoxy groups -OCH3 is 1. The van der Waals surface area contributed by atoms with E-state index in [9.17, 15) is 4.79 Å². The zero-order valence-electron chi connectivity index (χ0n) is 16.0. The maximum absolute atomic E-state index is 13.1. The van der Waals surface area contributed by atoms with Gasteiger partial charge in [-0.2, -0.15) is 0 Å². The summed E-state index contributed by atoms with van der Waals surface area (Å²) < 4.78 is 10.8. The monoisotopic (exact) mass is 376 g/mol. The molecule has 0 bridgehead atoms. The number of carbonyl (C=O) groups is 1. The summed E-state index contributed by atoms with van der Waals surface area (Å²) >= 11 is 0. The van der Waals surface area contributed by atoms with Gasteiger partial charge in [-0.25, -0.2) is 0 Å². The van der Waals surface area contributed by atoms with Crippen molar-refractivity contribution < 1.29 is 14.3 Å². The average Bonchev–Trinajstić information content (AvgIpc) is 2.74. The molecular weight excluding hydrogens is 352 g/mol. The topological polar surface area (TPSA) is 59.6 Å². The van der Waals surface area contributed by atoms with E-state index >= 15 is 0 Å². The highest BCUT2D eigenvalue weighted by Crippen LogP contribution is 2.27. The fourth-order valence-electron chi connectivity index (χ4n) is 2.86. The molecular formula is C23H24N2O3. The molecule has 3 aromatic rings. The Hall–Kier alpha value is -3.47. The molecule has 0 aliphatic carbocycles. The Balaban J connectivity index is 1.85. The summed E-state index contributed by atoms with van der Waals surface area (Å²) in [6, 6.07) is 23.9. The highest BCUT2D eigenvalue weighted by atomic mass is 16.5. The number of rotatable bonds is 8. The summed E-state index contributed by atoms with van der Waals surface area (Å²) in [5.74, 6) is 1.24. The van der Waals surface area contributed by atoms with Crippen molar-refractivity contribution in [3.63, 3.8) is 0 Å². The van der Waals surface area contributed by atoms with Crippen LogP contribution >= 0.6 is 0 Å². The standard InChI is InChI=1S/C23H24N2O3/c1-3-28-21-12-8-7-11-20(21)25-23(26)22(17-9-5-4-6-10-17)24-18-13-15-19(27-2)16-14-18/h4-16,22,24H,3H2,1-2H3,(H,25,26)/t22-/m0/s1. The first kappa shape index (κ1) is 19.3. The number of benzene rings is 3. The SMILES string of the molecule is CCOc1ccccc1NC(=O)[C@@H](Nc1ccc(OC)cc1)c1ccccc1. The molecule has 0 unspecified atom stereocenters. The van der Waals surface area contributed by atoms with Crippen molar-refractivity contribution in [3.8, 4) is 11.5 Å². The normalized spacial score (nSPS) is 11.4. The maximum Gasteiger partial charge on any atom is 0.251 e. The van der Waals surface area contributed by atoms with Crippen LogP contribution in [0.25, 0.3) is 0 Å². The van der Waals surface area contributed by atoms with Crippen LogP contribution in [0.4, 0.5) is 11.4 Å². The lowest BCUT2D eigenvalue weighted by molar-refractivity contribution is -0.117. The molecule has 3 rings (SSSR count). The molecule has 5 nitrogen and oxygen atoms in total. The predicted molar refractivity (Wildman–Crippen MR) is 112 cm³/mol. The van der Waals surface area contributed by atoms with Gasteiger partial charge in [0.15, 0.2) is 0 Å². The second kappa shape index (κ2) is 9.46. The van der Waals surface area contributed by atoms with Crippen molar-refractivity contribution >= 4 is 17.3 Å². The van der Waals surface area contributed by atoms with Gasteiger partial charge in [-0.1, -0.05) is 42.5 Å². The number of nitrogens with one attached hydrogen (secondary N) is 2. The highest BCUT2D eigenvalue weighted by molar-refractivity contribution is 5.98. The Kier molecular flexibility index (Phi) is 6.52. The minimum atomic E-state index is -0.565. The first-order valence-electron chi connectivity index (χ1n) is 9.19. The van der Waals surface area contributed by atoms with Gasteiger partial charge in [-0.15, -0.1) is 0 Å². The van der Waals surface area contributed by atoms with Gasteiger partial charge in [0.05, 0.1) is 19.4 Å². The van der Waals surface area contributed by atoms with Crippen LogP contribution in [0.2, 0.25) is 0 Å². The predicted octanol–water partition coefficient (Wildman–Crippen LogP) is 4.89. The number of hydrogen-bond donors (Lipinski definition) is 2. The number of ether oxygens (including phenoxy) is 2. The van der Waals surface area contributed by atoms with Gasteiger partial charge in [0, 0.05) is 5.69 Å². The lowest BCUT2D eigenvalue weighted by Crippen LogP contribution is -2.27. The zero-order chi connectivity index (χ0) is 19.8. The van der Waals surface area contributed by atoms with E-state index in [-0.39, 0.29) is 5.91 Å². The van der Waals surface area contributed by atoms with E-state index in [4.69, 9.17) is 9.47 Å². The lowest BCUT2D eigenvalue weighted by Gasteiger charge is -2.21. The number of para-hydroxylation sites is 2. The van der Waals surface area contributed by atoms with Gasteiger partial charge in [-0.05, 0) is 48.9 Å². The van der Waals surface area contributed by atoms with E-state index in [1.165, 1.54) is 0 Å². The van der Waals surface area contributed by atoms with E-state index in [0.29, 0.717) is 18.0 Å². The molecule has 5 heteroatoms. The van der Waals surface area contributed by atoms with Crippen molar-refractivity contribution in [2.45, 2.75) is 13.0 Å². The van der Waals surface area contributed by atoms with Crippen LogP contribution in [0.15, 0.2) is 78.9 Å². The molecule has 0 aliphatic rings. The molecule has 0 spiro atoms. The first-order valence-corrected chi connectivity index (χ1v) is 9.19. The summed E-state index contributed by atoms with van der Waals surface area (Å²) in [6.07, 6.45) is 0. The number of amides is 1. The van der Waals surface area contributed by atoms with Crippen LogP contribution in [-0.4, -0.2) is 19.6 Å². The molecule has 144 valence electrons. The second-order valence-electron chi connectivity index (χ2n) is 6.13. The highest BCUT2D eigenvalue weighted by Gasteiger charge is 2.21. The molecule has 2 N–H and O–H groups in total. The van der Waals surface area contributed by atoms with Crippen molar-refractivity contribution in [1.29, 1.82) is 0 Å². The zero-order valence-corrected chi connectivity index (χ0v) is 16.0. The molecule has 0 heterocycles. The van der Waals surface area contributed by atoms with E-state index in [2.05, 4.69) is 10.6 Å². The summed E-state index contributed by atoms with van der Waals surface area (Å²) in [4.78, 5) is 13.1. The molecule has 0 aromatic heterocycles. The van der Waals surface area contributed by atoms with Crippen molar-refractivity contribution in [2.75, 3.05) is 24.4 Å². The van der Waals surface area contributed by atoms with Crippen LogP contribution in [0.1, 0.15) is 18.5 Å². The van der Waals surface area contributed by atoms with Crippen molar-refractivity contribution in [1.82, 2.24) is 0 Å². The summed E-state index contributed by atoms with van der Waals surface area (Å²) in [7, 11) is 1.62. The molecule has 1 atom stereocenters. The number of hydrogen-bond acceptors (Lipinski definition) is 4. The van der Waals surface area contributed by atoms with Gasteiger partial charge >= 0.3 is 0 Å². The smallest absolute Gasteiger partial charge is 0.251 e. The minimum Gasteiger partial charge on any atom is -0.497 e. The number of anilines is 2. The van der Waals surface area contributed by atoms with Crippen molar-refractivity contribution in [3.05, 3.63) is 84.4 Å². The van der Waals surface area contributed by atoms with Gasteiger partial charge in [0.1, 0.15) is 17.5 Å².